The van der Waals surface area contributed by atoms with Crippen LogP contribution in [0.15, 0.2) is 59.5 Å². The molecule has 0 radical (unpaired) electrons. The summed E-state index contributed by atoms with van der Waals surface area (Å²) in [7, 11) is 1.51. The molecule has 0 unspecified atom stereocenters. The monoisotopic (exact) mass is 564 g/mol. The minimum Gasteiger partial charge on any atom is -0.496 e. The second-order valence-electron chi connectivity index (χ2n) is 9.72. The van der Waals surface area contributed by atoms with Crippen molar-refractivity contribution in [3.05, 3.63) is 60.6 Å². The topological polar surface area (TPSA) is 177 Å². The number of benzene rings is 2. The van der Waals surface area contributed by atoms with Gasteiger partial charge in [-0.25, -0.2) is 19.4 Å². The smallest absolute Gasteiger partial charge is 0.408 e. The summed E-state index contributed by atoms with van der Waals surface area (Å²) >= 11 is 0. The van der Waals surface area contributed by atoms with Crippen molar-refractivity contribution in [1.82, 2.24) is 15.6 Å². The van der Waals surface area contributed by atoms with Crippen LogP contribution in [0.4, 0.5) is 25.8 Å². The quantitative estimate of drug-likeness (QED) is 0.263. The number of rotatable bonds is 10. The predicted molar refractivity (Wildman–Crippen MR) is 149 cm³/mol. The molecule has 0 spiro atoms. The third kappa shape index (κ3) is 10.1. The Labute approximate surface area is 237 Å². The largest absolute Gasteiger partial charge is 0.496 e. The molecule has 0 saturated heterocycles. The Morgan fingerprint density at radius 2 is 1.83 bits per heavy atom. The number of urea groups is 1. The molecule has 1 heterocycles. The molecule has 1 atom stereocenters. The predicted octanol–water partition coefficient (Wildman–Crippen LogP) is 5.03. The summed E-state index contributed by atoms with van der Waals surface area (Å²) in [4.78, 5) is 40.6. The van der Waals surface area contributed by atoms with Gasteiger partial charge in [-0.2, -0.15) is 5.26 Å². The van der Waals surface area contributed by atoms with Gasteiger partial charge in [0.25, 0.3) is 0 Å². The molecule has 1 aromatic heterocycles. The Hall–Kier alpha value is -5.25. The van der Waals surface area contributed by atoms with E-state index in [9.17, 15) is 14.4 Å². The lowest BCUT2D eigenvalue weighted by Crippen LogP contribution is -2.42. The highest BCUT2D eigenvalue weighted by molar-refractivity contribution is 6.00. The van der Waals surface area contributed by atoms with Gasteiger partial charge in [-0.15, -0.1) is 0 Å². The van der Waals surface area contributed by atoms with Crippen LogP contribution in [0.25, 0.3) is 11.3 Å². The van der Waals surface area contributed by atoms with E-state index < -0.39 is 29.9 Å². The van der Waals surface area contributed by atoms with Crippen molar-refractivity contribution in [2.24, 2.45) is 0 Å². The Kier molecular flexibility index (Phi) is 10.5. The van der Waals surface area contributed by atoms with E-state index in [-0.39, 0.29) is 19.6 Å². The Morgan fingerprint density at radius 1 is 1.07 bits per heavy atom. The van der Waals surface area contributed by atoms with E-state index in [0.717, 1.165) is 0 Å². The van der Waals surface area contributed by atoms with E-state index in [1.807, 2.05) is 6.07 Å². The zero-order valence-electron chi connectivity index (χ0n) is 23.1. The molecule has 4 N–H and O–H groups in total. The average molecular weight is 565 g/mol. The number of nitrogens with one attached hydrogen (secondary N) is 4. The maximum absolute atomic E-state index is 12.6. The van der Waals surface area contributed by atoms with Gasteiger partial charge in [0.1, 0.15) is 18.0 Å². The number of aromatic nitrogens is 1. The van der Waals surface area contributed by atoms with Crippen LogP contribution in [0.3, 0.4) is 0 Å². The number of nitrogens with zero attached hydrogens (tertiary/aromatic N) is 2. The van der Waals surface area contributed by atoms with Crippen molar-refractivity contribution in [3.63, 3.8) is 0 Å². The summed E-state index contributed by atoms with van der Waals surface area (Å²) in [6, 6.07) is 12.7. The van der Waals surface area contributed by atoms with Gasteiger partial charge in [0.2, 0.25) is 0 Å². The summed E-state index contributed by atoms with van der Waals surface area (Å²) in [6.07, 6.45) is 1.37. The average Bonchev–Trinajstić information content (AvgIpc) is 3.44. The second-order valence-corrected chi connectivity index (χ2v) is 9.72. The molecule has 41 heavy (non-hydrogen) atoms. The number of anilines is 2. The molecule has 216 valence electrons. The Balaban J connectivity index is 1.49. The molecule has 0 fully saturated rings. The van der Waals surface area contributed by atoms with Crippen molar-refractivity contribution in [2.75, 3.05) is 24.4 Å². The van der Waals surface area contributed by atoms with Crippen LogP contribution >= 0.6 is 0 Å². The molecule has 3 aromatic rings. The number of oxazole rings is 1. The number of nitriles is 1. The molecule has 13 heteroatoms. The van der Waals surface area contributed by atoms with Crippen LogP contribution in [0, 0.1) is 11.3 Å². The highest BCUT2D eigenvalue weighted by Crippen LogP contribution is 2.32. The lowest BCUT2D eigenvalue weighted by molar-refractivity contribution is 0.0473. The SMILES string of the molecule is COc1cc(NC(=O)Nc2cccc(CNC(=O)OC[C@@H](CC#N)NC(=O)OC(C)(C)C)c2)ccc1-c1cnco1. The van der Waals surface area contributed by atoms with Crippen molar-refractivity contribution < 1.29 is 33.0 Å². The number of carbonyl (C=O) groups excluding carboxylic acids is 3. The minimum atomic E-state index is -0.738. The number of alkyl carbamates (subject to hydrolysis) is 2. The molecule has 0 bridgehead atoms. The number of ether oxygens (including phenoxy) is 3. The first-order valence-electron chi connectivity index (χ1n) is 12.6. The first-order valence-corrected chi connectivity index (χ1v) is 12.6. The van der Waals surface area contributed by atoms with Crippen LogP contribution in [0.5, 0.6) is 5.75 Å². The first-order chi connectivity index (χ1) is 19.6. The zero-order chi connectivity index (χ0) is 29.8. The Bertz CT molecular complexity index is 1380. The van der Waals surface area contributed by atoms with E-state index in [1.165, 1.54) is 13.5 Å². The fraction of sp³-hybridized carbons (Fsp3) is 0.321. The fourth-order valence-corrected chi connectivity index (χ4v) is 3.51. The van der Waals surface area contributed by atoms with Crippen molar-refractivity contribution in [3.8, 4) is 23.1 Å². The van der Waals surface area contributed by atoms with E-state index in [1.54, 1.807) is 69.4 Å². The van der Waals surface area contributed by atoms with Crippen LogP contribution in [0.1, 0.15) is 32.8 Å². The molecule has 0 aliphatic heterocycles. The van der Waals surface area contributed by atoms with Crippen LogP contribution in [-0.2, 0) is 16.0 Å². The highest BCUT2D eigenvalue weighted by Gasteiger charge is 2.20. The Morgan fingerprint density at radius 3 is 2.49 bits per heavy atom. The standard InChI is InChI=1S/C28H32N6O7/c1-28(2,3)41-27(37)34-21(10-11-29)16-39-26(36)31-14-18-6-5-7-19(12-18)32-25(35)33-20-8-9-22(23(13-20)38-4)24-15-30-17-40-24/h5-9,12-13,15,17,21H,10,14,16H2,1-4H3,(H,31,36)(H,34,37)(H2,32,33,35)/t21-/m1/s1. The number of amides is 4. The summed E-state index contributed by atoms with van der Waals surface area (Å²) in [5.74, 6) is 1.03. The van der Waals surface area contributed by atoms with Crippen LogP contribution < -0.4 is 26.0 Å². The summed E-state index contributed by atoms with van der Waals surface area (Å²) in [5.41, 5.74) is 1.67. The first kappa shape index (κ1) is 30.3. The molecular weight excluding hydrogens is 532 g/mol. The van der Waals surface area contributed by atoms with E-state index in [0.29, 0.717) is 34.0 Å². The minimum absolute atomic E-state index is 0.0688. The van der Waals surface area contributed by atoms with Gasteiger partial charge in [-0.1, -0.05) is 12.1 Å². The van der Waals surface area contributed by atoms with Crippen molar-refractivity contribution >= 4 is 29.6 Å². The molecule has 2 aromatic carbocycles. The molecule has 3 rings (SSSR count). The number of carbonyl (C=O) groups is 3. The fourth-order valence-electron chi connectivity index (χ4n) is 3.51. The summed E-state index contributed by atoms with van der Waals surface area (Å²) in [6.45, 7) is 5.03. The van der Waals surface area contributed by atoms with E-state index in [4.69, 9.17) is 23.9 Å². The number of hydrogen-bond donors (Lipinski definition) is 4. The maximum Gasteiger partial charge on any atom is 0.408 e. The molecule has 0 saturated carbocycles. The normalized spacial score (nSPS) is 11.4. The van der Waals surface area contributed by atoms with Crippen LogP contribution in [-0.4, -0.2) is 48.6 Å². The van der Waals surface area contributed by atoms with Gasteiger partial charge in [0.15, 0.2) is 12.2 Å². The summed E-state index contributed by atoms with van der Waals surface area (Å²) in [5, 5.41) is 19.6. The van der Waals surface area contributed by atoms with Gasteiger partial charge < -0.3 is 39.9 Å². The third-order valence-corrected chi connectivity index (χ3v) is 5.25. The van der Waals surface area contributed by atoms with Gasteiger partial charge in [-0.05, 0) is 50.6 Å². The number of hydrogen-bond acceptors (Lipinski definition) is 9. The van der Waals surface area contributed by atoms with Gasteiger partial charge in [0, 0.05) is 24.0 Å². The van der Waals surface area contributed by atoms with E-state index >= 15 is 0 Å². The molecule has 13 nitrogen and oxygen atoms in total. The van der Waals surface area contributed by atoms with E-state index in [2.05, 4.69) is 26.3 Å². The van der Waals surface area contributed by atoms with Crippen LogP contribution in [0.2, 0.25) is 0 Å². The zero-order valence-corrected chi connectivity index (χ0v) is 23.1. The molecule has 0 aliphatic rings. The van der Waals surface area contributed by atoms with Crippen molar-refractivity contribution in [1.29, 1.82) is 5.26 Å². The highest BCUT2D eigenvalue weighted by atomic mass is 16.6. The summed E-state index contributed by atoms with van der Waals surface area (Å²) < 4.78 is 21.0. The number of methoxy groups -OCH3 is 1. The van der Waals surface area contributed by atoms with Gasteiger partial charge in [-0.3, -0.25) is 0 Å². The molecular formula is C28H32N6O7. The molecule has 0 aliphatic carbocycles. The second kappa shape index (κ2) is 14.2. The van der Waals surface area contributed by atoms with Gasteiger partial charge >= 0.3 is 18.2 Å². The molecule has 4 amide bonds. The maximum atomic E-state index is 12.6. The third-order valence-electron chi connectivity index (χ3n) is 5.25. The lowest BCUT2D eigenvalue weighted by atomic mass is 10.1. The lowest BCUT2D eigenvalue weighted by Gasteiger charge is -2.22. The van der Waals surface area contributed by atoms with Gasteiger partial charge in [0.05, 0.1) is 37.4 Å². The van der Waals surface area contributed by atoms with Crippen molar-refractivity contribution in [2.45, 2.75) is 45.4 Å².